The Labute approximate surface area is 174 Å². The van der Waals surface area contributed by atoms with Crippen LogP contribution in [0.15, 0.2) is 23.0 Å². The molecule has 0 unspecified atom stereocenters. The summed E-state index contributed by atoms with van der Waals surface area (Å²) in [4.78, 5) is 31.9. The Hall–Kier alpha value is -3.40. The molecule has 3 aromatic rings. The molecule has 2 aromatic heterocycles. The van der Waals surface area contributed by atoms with E-state index in [1.807, 2.05) is 24.3 Å². The highest BCUT2D eigenvalue weighted by atomic mass is 16.1. The fourth-order valence-electron chi connectivity index (χ4n) is 4.31. The van der Waals surface area contributed by atoms with Crippen molar-refractivity contribution in [3.8, 4) is 6.07 Å². The zero-order valence-electron chi connectivity index (χ0n) is 17.3. The number of anilines is 1. The summed E-state index contributed by atoms with van der Waals surface area (Å²) >= 11 is 0. The van der Waals surface area contributed by atoms with Gasteiger partial charge in [0.15, 0.2) is 0 Å². The summed E-state index contributed by atoms with van der Waals surface area (Å²) in [5.41, 5.74) is 4.68. The fourth-order valence-corrected chi connectivity index (χ4v) is 4.31. The number of pyridine rings is 1. The van der Waals surface area contributed by atoms with Crippen LogP contribution in [0, 0.1) is 25.2 Å². The number of imidazole rings is 1. The quantitative estimate of drug-likeness (QED) is 0.696. The Kier molecular flexibility index (Phi) is 5.40. The predicted octanol–water partition coefficient (Wildman–Crippen LogP) is 3.51. The molecule has 7 heteroatoms. The number of aryl methyl sites for hydroxylation is 3. The van der Waals surface area contributed by atoms with Crippen molar-refractivity contribution in [3.63, 3.8) is 0 Å². The molecule has 0 saturated heterocycles. The summed E-state index contributed by atoms with van der Waals surface area (Å²) in [7, 11) is 0. The van der Waals surface area contributed by atoms with Crippen molar-refractivity contribution < 1.29 is 4.79 Å². The van der Waals surface area contributed by atoms with Crippen LogP contribution in [0.4, 0.5) is 5.69 Å². The molecular formula is C23H25N5O2. The normalized spacial score (nSPS) is 13.5. The molecule has 1 aliphatic rings. The van der Waals surface area contributed by atoms with Gasteiger partial charge >= 0.3 is 0 Å². The number of amides is 1. The summed E-state index contributed by atoms with van der Waals surface area (Å²) in [6.45, 7) is 4.55. The second kappa shape index (κ2) is 8.15. The lowest BCUT2D eigenvalue weighted by molar-refractivity contribution is -0.116. The third kappa shape index (κ3) is 3.73. The predicted molar refractivity (Wildman–Crippen MR) is 115 cm³/mol. The molecule has 0 fully saturated rings. The maximum Gasteiger partial charge on any atom is 0.266 e. The molecule has 1 aromatic carbocycles. The van der Waals surface area contributed by atoms with Gasteiger partial charge in [-0.25, -0.2) is 4.98 Å². The molecule has 1 aliphatic heterocycles. The molecule has 1 amide bonds. The smallest absolute Gasteiger partial charge is 0.266 e. The highest BCUT2D eigenvalue weighted by molar-refractivity contribution is 5.93. The van der Waals surface area contributed by atoms with Gasteiger partial charge in [-0.2, -0.15) is 5.26 Å². The summed E-state index contributed by atoms with van der Waals surface area (Å²) in [5.74, 6) is 1.02. The van der Waals surface area contributed by atoms with Gasteiger partial charge in [-0.15, -0.1) is 0 Å². The van der Waals surface area contributed by atoms with Gasteiger partial charge in [-0.1, -0.05) is 6.42 Å². The zero-order valence-corrected chi connectivity index (χ0v) is 17.3. The Morgan fingerprint density at radius 2 is 2.13 bits per heavy atom. The van der Waals surface area contributed by atoms with E-state index in [4.69, 9.17) is 4.98 Å². The van der Waals surface area contributed by atoms with Crippen molar-refractivity contribution in [3.05, 3.63) is 56.8 Å². The Bertz CT molecular complexity index is 1230. The Morgan fingerprint density at radius 1 is 1.30 bits per heavy atom. The van der Waals surface area contributed by atoms with Crippen LogP contribution in [0.1, 0.15) is 53.9 Å². The van der Waals surface area contributed by atoms with Gasteiger partial charge in [-0.05, 0) is 62.4 Å². The van der Waals surface area contributed by atoms with Crippen LogP contribution in [0.5, 0.6) is 0 Å². The topological polar surface area (TPSA) is 104 Å². The van der Waals surface area contributed by atoms with E-state index in [1.54, 1.807) is 13.8 Å². The maximum atomic E-state index is 12.5. The number of hydrogen-bond donors (Lipinski definition) is 2. The average molecular weight is 403 g/mol. The number of carbonyl (C=O) groups is 1. The first-order valence-electron chi connectivity index (χ1n) is 10.4. The zero-order chi connectivity index (χ0) is 21.3. The minimum absolute atomic E-state index is 0.112. The number of nitrogens with zero attached hydrogens (tertiary/aromatic N) is 3. The lowest BCUT2D eigenvalue weighted by Crippen LogP contribution is -2.18. The van der Waals surface area contributed by atoms with Crippen molar-refractivity contribution in [2.75, 3.05) is 5.32 Å². The number of benzene rings is 1. The molecule has 3 heterocycles. The van der Waals surface area contributed by atoms with E-state index in [0.29, 0.717) is 17.7 Å². The third-order valence-corrected chi connectivity index (χ3v) is 5.92. The number of nitriles is 1. The number of carbonyl (C=O) groups excluding carboxylic acids is 1. The van der Waals surface area contributed by atoms with E-state index < -0.39 is 0 Å². The van der Waals surface area contributed by atoms with Crippen LogP contribution in [-0.4, -0.2) is 20.4 Å². The first-order chi connectivity index (χ1) is 14.5. The van der Waals surface area contributed by atoms with Gasteiger partial charge in [0.25, 0.3) is 5.56 Å². The molecule has 7 nitrogen and oxygen atoms in total. The summed E-state index contributed by atoms with van der Waals surface area (Å²) < 4.78 is 2.29. The van der Waals surface area contributed by atoms with Crippen molar-refractivity contribution in [1.29, 1.82) is 5.26 Å². The van der Waals surface area contributed by atoms with Crippen LogP contribution in [0.3, 0.4) is 0 Å². The molecule has 154 valence electrons. The number of hydrogen-bond acceptors (Lipinski definition) is 4. The standard InChI is InChI=1S/C23H25N5O2/c1-14-17(15(2)25-23(30)18(14)13-24)8-10-22(29)26-16-7-9-20-19(12-16)27-21-6-4-3-5-11-28(20)21/h7,9,12H,3-6,8,10-11H2,1-2H3,(H,25,30)(H,26,29). The molecule has 0 bridgehead atoms. The van der Waals surface area contributed by atoms with Gasteiger partial charge in [-0.3, -0.25) is 9.59 Å². The van der Waals surface area contributed by atoms with Crippen LogP contribution in [-0.2, 0) is 24.2 Å². The van der Waals surface area contributed by atoms with Crippen LogP contribution >= 0.6 is 0 Å². The number of H-pyrrole nitrogens is 1. The fraction of sp³-hybridized carbons (Fsp3) is 0.391. The van der Waals surface area contributed by atoms with Crippen molar-refractivity contribution in [2.45, 2.75) is 58.9 Å². The van der Waals surface area contributed by atoms with E-state index in [0.717, 1.165) is 41.1 Å². The van der Waals surface area contributed by atoms with E-state index >= 15 is 0 Å². The molecule has 0 radical (unpaired) electrons. The Morgan fingerprint density at radius 3 is 2.93 bits per heavy atom. The van der Waals surface area contributed by atoms with Crippen molar-refractivity contribution >= 4 is 22.6 Å². The van der Waals surface area contributed by atoms with Crippen LogP contribution in [0.25, 0.3) is 11.0 Å². The lowest BCUT2D eigenvalue weighted by Gasteiger charge is -2.11. The monoisotopic (exact) mass is 403 g/mol. The SMILES string of the molecule is Cc1[nH]c(=O)c(C#N)c(C)c1CCC(=O)Nc1ccc2c(c1)nc1n2CCCCC1. The minimum Gasteiger partial charge on any atom is -0.328 e. The molecular weight excluding hydrogens is 378 g/mol. The van der Waals surface area contributed by atoms with Crippen LogP contribution < -0.4 is 10.9 Å². The maximum absolute atomic E-state index is 12.5. The van der Waals surface area contributed by atoms with Gasteiger partial charge < -0.3 is 14.9 Å². The van der Waals surface area contributed by atoms with Gasteiger partial charge in [0.1, 0.15) is 17.5 Å². The molecule has 0 aliphatic carbocycles. The molecule has 30 heavy (non-hydrogen) atoms. The average Bonchev–Trinajstić information content (AvgIpc) is 2.88. The molecule has 2 N–H and O–H groups in total. The highest BCUT2D eigenvalue weighted by Gasteiger charge is 2.16. The highest BCUT2D eigenvalue weighted by Crippen LogP contribution is 2.24. The van der Waals surface area contributed by atoms with Crippen molar-refractivity contribution in [2.24, 2.45) is 0 Å². The molecule has 0 spiro atoms. The van der Waals surface area contributed by atoms with Gasteiger partial charge in [0, 0.05) is 30.8 Å². The number of aromatic nitrogens is 3. The van der Waals surface area contributed by atoms with E-state index in [9.17, 15) is 14.9 Å². The lowest BCUT2D eigenvalue weighted by atomic mass is 9.99. The van der Waals surface area contributed by atoms with Gasteiger partial charge in [0.05, 0.1) is 11.0 Å². The number of aromatic amines is 1. The minimum atomic E-state index is -0.382. The molecule has 4 rings (SSSR count). The van der Waals surface area contributed by atoms with E-state index in [2.05, 4.69) is 14.9 Å². The third-order valence-electron chi connectivity index (χ3n) is 5.92. The number of rotatable bonds is 4. The number of fused-ring (bicyclic) bond motifs is 3. The van der Waals surface area contributed by atoms with Crippen molar-refractivity contribution in [1.82, 2.24) is 14.5 Å². The largest absolute Gasteiger partial charge is 0.328 e. The first-order valence-corrected chi connectivity index (χ1v) is 10.4. The molecule has 0 atom stereocenters. The first kappa shape index (κ1) is 19.9. The Balaban J connectivity index is 1.48. The van der Waals surface area contributed by atoms with Crippen LogP contribution in [0.2, 0.25) is 0 Å². The number of nitrogens with one attached hydrogen (secondary N) is 2. The summed E-state index contributed by atoms with van der Waals surface area (Å²) in [5, 5.41) is 12.1. The second-order valence-corrected chi connectivity index (χ2v) is 7.91. The van der Waals surface area contributed by atoms with E-state index in [1.165, 1.54) is 19.3 Å². The molecule has 0 saturated carbocycles. The van der Waals surface area contributed by atoms with Gasteiger partial charge in [0.2, 0.25) is 5.91 Å². The summed E-state index contributed by atoms with van der Waals surface area (Å²) in [6.07, 6.45) is 5.30. The summed E-state index contributed by atoms with van der Waals surface area (Å²) in [6, 6.07) is 7.83. The van der Waals surface area contributed by atoms with E-state index in [-0.39, 0.29) is 23.5 Å². The second-order valence-electron chi connectivity index (χ2n) is 7.91.